The van der Waals surface area contributed by atoms with Gasteiger partial charge in [-0.05, 0) is 50.5 Å². The van der Waals surface area contributed by atoms with E-state index in [9.17, 15) is 19.2 Å². The van der Waals surface area contributed by atoms with E-state index in [2.05, 4.69) is 15.6 Å². The molecule has 1 atom stereocenters. The Morgan fingerprint density at radius 1 is 1.26 bits per heavy atom. The van der Waals surface area contributed by atoms with Crippen molar-refractivity contribution in [2.75, 3.05) is 5.73 Å². The number of nitrogens with zero attached hydrogens (tertiary/aromatic N) is 2. The Hall–Kier alpha value is -3.95. The van der Waals surface area contributed by atoms with Crippen molar-refractivity contribution in [2.24, 2.45) is 0 Å². The number of piperidine rings is 1. The van der Waals surface area contributed by atoms with Crippen LogP contribution in [-0.2, 0) is 27.4 Å². The number of aromatic nitrogens is 1. The van der Waals surface area contributed by atoms with Gasteiger partial charge in [-0.25, -0.2) is 9.78 Å². The second-order valence-electron chi connectivity index (χ2n) is 9.36. The molecule has 3 heterocycles. The van der Waals surface area contributed by atoms with Crippen molar-refractivity contribution < 1.29 is 23.9 Å². The molecule has 0 radical (unpaired) electrons. The van der Waals surface area contributed by atoms with E-state index in [1.165, 1.54) is 4.90 Å². The van der Waals surface area contributed by atoms with Crippen LogP contribution in [0.5, 0.6) is 0 Å². The highest BCUT2D eigenvalue weighted by atomic mass is 16.6. The highest BCUT2D eigenvalue weighted by Crippen LogP contribution is 2.35. The molecule has 34 heavy (non-hydrogen) atoms. The first-order valence-electron chi connectivity index (χ1n) is 11.0. The number of hydrogen-bond donors (Lipinski definition) is 3. The van der Waals surface area contributed by atoms with Crippen LogP contribution in [0.15, 0.2) is 30.5 Å². The highest BCUT2D eigenvalue weighted by Gasteiger charge is 2.39. The topological polar surface area (TPSA) is 144 Å². The molecule has 0 aliphatic carbocycles. The Kier molecular flexibility index (Phi) is 5.99. The van der Waals surface area contributed by atoms with E-state index in [4.69, 9.17) is 10.5 Å². The SMILES string of the molecule is CC(C)(C)OC(=O)NCc1cc(-c2cccc3c2CN(C2CCC(=O)NC2=O)C3=O)cnc1N. The molecule has 0 bridgehead atoms. The van der Waals surface area contributed by atoms with Crippen LogP contribution in [0.3, 0.4) is 0 Å². The molecule has 10 heteroatoms. The molecule has 4 amide bonds. The van der Waals surface area contributed by atoms with Gasteiger partial charge in [-0.1, -0.05) is 12.1 Å². The van der Waals surface area contributed by atoms with Gasteiger partial charge in [0.25, 0.3) is 5.91 Å². The number of ether oxygens (including phenoxy) is 1. The number of nitrogens with two attached hydrogens (primary N) is 1. The summed E-state index contributed by atoms with van der Waals surface area (Å²) in [6, 6.07) is 6.49. The molecule has 4 N–H and O–H groups in total. The summed E-state index contributed by atoms with van der Waals surface area (Å²) in [4.78, 5) is 54.7. The van der Waals surface area contributed by atoms with E-state index in [0.29, 0.717) is 17.5 Å². The molecular formula is C24H27N5O5. The minimum absolute atomic E-state index is 0.123. The third-order valence-corrected chi connectivity index (χ3v) is 5.72. The Morgan fingerprint density at radius 3 is 2.71 bits per heavy atom. The van der Waals surface area contributed by atoms with Crippen molar-refractivity contribution in [2.45, 2.75) is 58.3 Å². The summed E-state index contributed by atoms with van der Waals surface area (Å²) in [7, 11) is 0. The Balaban J connectivity index is 1.58. The number of imide groups is 1. The minimum atomic E-state index is -0.691. The zero-order valence-electron chi connectivity index (χ0n) is 19.3. The molecule has 2 aliphatic rings. The van der Waals surface area contributed by atoms with E-state index >= 15 is 0 Å². The number of anilines is 1. The molecule has 178 valence electrons. The first-order valence-corrected chi connectivity index (χ1v) is 11.0. The standard InChI is InChI=1S/C24H27N5O5/c1-24(2,3)34-23(33)27-11-14-9-13(10-26-20(14)25)15-5-4-6-16-17(15)12-29(22(16)32)18-7-8-19(30)28-21(18)31/h4-6,9-10,18H,7-8,11-12H2,1-3H3,(H2,25,26)(H,27,33)(H,28,30,31). The molecule has 0 spiro atoms. The first-order chi connectivity index (χ1) is 16.0. The number of carbonyl (C=O) groups excluding carboxylic acids is 4. The van der Waals surface area contributed by atoms with Gasteiger partial charge in [-0.15, -0.1) is 0 Å². The zero-order valence-corrected chi connectivity index (χ0v) is 19.3. The van der Waals surface area contributed by atoms with Gasteiger partial charge in [0.05, 0.1) is 0 Å². The van der Waals surface area contributed by atoms with Crippen LogP contribution in [-0.4, -0.2) is 45.3 Å². The van der Waals surface area contributed by atoms with Crippen LogP contribution in [0.2, 0.25) is 0 Å². The van der Waals surface area contributed by atoms with Gasteiger partial charge in [0.1, 0.15) is 17.5 Å². The first kappa shape index (κ1) is 23.2. The number of nitrogen functional groups attached to an aromatic ring is 1. The van der Waals surface area contributed by atoms with Crippen molar-refractivity contribution in [3.63, 3.8) is 0 Å². The molecule has 1 aromatic carbocycles. The number of hydrogen-bond acceptors (Lipinski definition) is 7. The van der Waals surface area contributed by atoms with Crippen LogP contribution in [0, 0.1) is 0 Å². The van der Waals surface area contributed by atoms with Crippen LogP contribution in [0.4, 0.5) is 10.6 Å². The molecule has 1 saturated heterocycles. The number of fused-ring (bicyclic) bond motifs is 1. The van der Waals surface area contributed by atoms with Gasteiger partial charge in [0.15, 0.2) is 0 Å². The Labute approximate surface area is 196 Å². The van der Waals surface area contributed by atoms with Gasteiger partial charge < -0.3 is 20.7 Å². The van der Waals surface area contributed by atoms with Gasteiger partial charge >= 0.3 is 6.09 Å². The molecule has 1 fully saturated rings. The number of amides is 4. The average Bonchev–Trinajstić information content (AvgIpc) is 3.08. The number of nitrogens with one attached hydrogen (secondary N) is 2. The van der Waals surface area contributed by atoms with Gasteiger partial charge in [-0.3, -0.25) is 19.7 Å². The molecular weight excluding hydrogens is 438 g/mol. The number of rotatable bonds is 4. The fraction of sp³-hybridized carbons (Fsp3) is 0.375. The zero-order chi connectivity index (χ0) is 24.6. The molecule has 10 nitrogen and oxygen atoms in total. The summed E-state index contributed by atoms with van der Waals surface area (Å²) in [5.74, 6) is -0.759. The lowest BCUT2D eigenvalue weighted by Crippen LogP contribution is -2.52. The number of benzene rings is 1. The average molecular weight is 466 g/mol. The summed E-state index contributed by atoms with van der Waals surface area (Å²) in [5, 5.41) is 4.99. The van der Waals surface area contributed by atoms with Crippen molar-refractivity contribution in [1.82, 2.24) is 20.5 Å². The quantitative estimate of drug-likeness (QED) is 0.587. The van der Waals surface area contributed by atoms with Crippen LogP contribution in [0.1, 0.15) is 55.1 Å². The van der Waals surface area contributed by atoms with E-state index in [1.54, 1.807) is 39.1 Å². The summed E-state index contributed by atoms with van der Waals surface area (Å²) in [5.41, 5.74) is 8.80. The van der Waals surface area contributed by atoms with Crippen molar-refractivity contribution >= 4 is 29.6 Å². The van der Waals surface area contributed by atoms with E-state index < -0.39 is 23.6 Å². The predicted octanol–water partition coefficient (Wildman–Crippen LogP) is 2.12. The number of alkyl carbamates (subject to hydrolysis) is 1. The molecule has 2 aromatic rings. The Morgan fingerprint density at radius 2 is 2.00 bits per heavy atom. The number of pyridine rings is 1. The van der Waals surface area contributed by atoms with Crippen molar-refractivity contribution in [3.8, 4) is 11.1 Å². The second-order valence-corrected chi connectivity index (χ2v) is 9.36. The molecule has 0 saturated carbocycles. The van der Waals surface area contributed by atoms with Crippen LogP contribution >= 0.6 is 0 Å². The van der Waals surface area contributed by atoms with Gasteiger partial charge in [-0.2, -0.15) is 0 Å². The molecule has 4 rings (SSSR count). The van der Waals surface area contributed by atoms with E-state index in [1.807, 2.05) is 12.1 Å². The maximum atomic E-state index is 13.1. The van der Waals surface area contributed by atoms with E-state index in [0.717, 1.165) is 16.7 Å². The normalized spacial score (nSPS) is 17.9. The minimum Gasteiger partial charge on any atom is -0.444 e. The van der Waals surface area contributed by atoms with Crippen LogP contribution < -0.4 is 16.4 Å². The summed E-state index contributed by atoms with van der Waals surface area (Å²) in [6.45, 7) is 5.69. The lowest BCUT2D eigenvalue weighted by Gasteiger charge is -2.29. The third-order valence-electron chi connectivity index (χ3n) is 5.72. The molecule has 2 aliphatic heterocycles. The van der Waals surface area contributed by atoms with Gasteiger partial charge in [0.2, 0.25) is 11.8 Å². The predicted molar refractivity (Wildman–Crippen MR) is 123 cm³/mol. The fourth-order valence-electron chi connectivity index (χ4n) is 4.15. The number of carbonyl (C=O) groups is 4. The third kappa shape index (κ3) is 4.70. The van der Waals surface area contributed by atoms with Gasteiger partial charge in [0, 0.05) is 42.4 Å². The van der Waals surface area contributed by atoms with Crippen LogP contribution in [0.25, 0.3) is 11.1 Å². The largest absolute Gasteiger partial charge is 0.444 e. The smallest absolute Gasteiger partial charge is 0.407 e. The highest BCUT2D eigenvalue weighted by molar-refractivity contribution is 6.06. The second kappa shape index (κ2) is 8.77. The fourth-order valence-corrected chi connectivity index (χ4v) is 4.15. The lowest BCUT2D eigenvalue weighted by molar-refractivity contribution is -0.136. The maximum absolute atomic E-state index is 13.1. The van der Waals surface area contributed by atoms with Crippen molar-refractivity contribution in [3.05, 3.63) is 47.2 Å². The molecule has 1 aromatic heterocycles. The summed E-state index contributed by atoms with van der Waals surface area (Å²) < 4.78 is 5.26. The molecule has 1 unspecified atom stereocenters. The summed E-state index contributed by atoms with van der Waals surface area (Å²) >= 11 is 0. The summed E-state index contributed by atoms with van der Waals surface area (Å²) in [6.07, 6.45) is 1.53. The monoisotopic (exact) mass is 465 g/mol. The Bertz CT molecular complexity index is 1190. The maximum Gasteiger partial charge on any atom is 0.407 e. The lowest BCUT2D eigenvalue weighted by atomic mass is 9.97. The van der Waals surface area contributed by atoms with Crippen molar-refractivity contribution in [1.29, 1.82) is 0 Å². The van der Waals surface area contributed by atoms with E-state index in [-0.39, 0.29) is 37.1 Å².